The van der Waals surface area contributed by atoms with Crippen LogP contribution in [0.15, 0.2) is 35.6 Å². The quantitative estimate of drug-likeness (QED) is 0.574. The summed E-state index contributed by atoms with van der Waals surface area (Å²) >= 11 is 0. The van der Waals surface area contributed by atoms with Crippen LogP contribution in [0, 0.1) is 19.8 Å². The van der Waals surface area contributed by atoms with Crippen molar-refractivity contribution in [2.45, 2.75) is 46.5 Å². The molecule has 1 aromatic carbocycles. The van der Waals surface area contributed by atoms with E-state index in [-0.39, 0.29) is 18.4 Å². The maximum Gasteiger partial charge on any atom is 0.260 e. The third-order valence-corrected chi connectivity index (χ3v) is 4.92. The van der Waals surface area contributed by atoms with Gasteiger partial charge in [-0.25, -0.2) is 0 Å². The minimum absolute atomic E-state index is 0.00590. The third-order valence-electron chi connectivity index (χ3n) is 4.92. The molecule has 0 N–H and O–H groups in total. The van der Waals surface area contributed by atoms with Crippen LogP contribution in [0.1, 0.15) is 50.9 Å². The smallest absolute Gasteiger partial charge is 0.260 e. The van der Waals surface area contributed by atoms with Gasteiger partial charge in [0, 0.05) is 19.0 Å². The number of likely N-dealkylation sites (tertiary alicyclic amines) is 1. The van der Waals surface area contributed by atoms with Crippen LogP contribution in [0.4, 0.5) is 0 Å². The van der Waals surface area contributed by atoms with E-state index < -0.39 is 0 Å². The summed E-state index contributed by atoms with van der Waals surface area (Å²) in [7, 11) is 0. The third kappa shape index (κ3) is 5.92. The van der Waals surface area contributed by atoms with Gasteiger partial charge in [-0.2, -0.15) is 0 Å². The lowest BCUT2D eigenvalue weighted by Crippen LogP contribution is -2.41. The second-order valence-electron chi connectivity index (χ2n) is 7.30. The van der Waals surface area contributed by atoms with Crippen LogP contribution in [0.5, 0.6) is 0 Å². The van der Waals surface area contributed by atoms with E-state index in [1.807, 2.05) is 56.9 Å². The fourth-order valence-corrected chi connectivity index (χ4v) is 3.07. The number of piperidine rings is 1. The molecule has 0 aliphatic carbocycles. The van der Waals surface area contributed by atoms with Crippen LogP contribution < -0.4 is 0 Å². The van der Waals surface area contributed by atoms with Crippen molar-refractivity contribution in [3.63, 3.8) is 0 Å². The van der Waals surface area contributed by atoms with E-state index in [1.165, 1.54) is 0 Å². The van der Waals surface area contributed by atoms with Gasteiger partial charge in [-0.15, -0.1) is 27.8 Å². The molecular formula is C22H29N5O2. The summed E-state index contributed by atoms with van der Waals surface area (Å²) in [6, 6.07) is 7.98. The van der Waals surface area contributed by atoms with E-state index in [1.54, 1.807) is 4.80 Å². The van der Waals surface area contributed by atoms with E-state index in [9.17, 15) is 4.79 Å². The molecule has 2 aromatic rings. The first-order valence-electron chi connectivity index (χ1n) is 9.69. The molecule has 2 heterocycles. The molecule has 3 rings (SSSR count). The van der Waals surface area contributed by atoms with Crippen LogP contribution in [-0.2, 0) is 9.53 Å². The number of aryl methyl sites for hydroxylation is 1. The molecule has 29 heavy (non-hydrogen) atoms. The Bertz CT molecular complexity index is 880. The van der Waals surface area contributed by atoms with Gasteiger partial charge in [0.15, 0.2) is 12.4 Å². The Morgan fingerprint density at radius 2 is 2.03 bits per heavy atom. The van der Waals surface area contributed by atoms with Crippen molar-refractivity contribution < 1.29 is 9.53 Å². The van der Waals surface area contributed by atoms with Crippen molar-refractivity contribution in [1.82, 2.24) is 25.1 Å². The molecule has 0 radical (unpaired) electrons. The fourth-order valence-electron chi connectivity index (χ4n) is 3.07. The number of terminal acetylenes is 1. The molecule has 7 heteroatoms. The molecule has 1 aliphatic heterocycles. The van der Waals surface area contributed by atoms with Crippen LogP contribution in [0.25, 0.3) is 5.69 Å². The van der Waals surface area contributed by atoms with Gasteiger partial charge in [-0.05, 0) is 69.0 Å². The first-order valence-corrected chi connectivity index (χ1v) is 9.69. The number of rotatable bonds is 5. The molecule has 154 valence electrons. The van der Waals surface area contributed by atoms with Crippen molar-refractivity contribution in [2.75, 3.05) is 19.7 Å². The predicted molar refractivity (Wildman–Crippen MR) is 112 cm³/mol. The Morgan fingerprint density at radius 1 is 1.28 bits per heavy atom. The molecule has 1 fully saturated rings. The minimum Gasteiger partial charge on any atom is -0.488 e. The number of tetrazole rings is 1. The monoisotopic (exact) mass is 395 g/mol. The molecule has 1 amide bonds. The average molecular weight is 396 g/mol. The van der Waals surface area contributed by atoms with E-state index in [4.69, 9.17) is 4.74 Å². The zero-order valence-corrected chi connectivity index (χ0v) is 17.6. The van der Waals surface area contributed by atoms with Gasteiger partial charge in [0.1, 0.15) is 0 Å². The number of amides is 1. The Hall–Kier alpha value is -3.14. The minimum atomic E-state index is 0.00590. The zero-order chi connectivity index (χ0) is 21.4. The van der Waals surface area contributed by atoms with Crippen LogP contribution in [0.3, 0.4) is 0 Å². The molecule has 1 saturated heterocycles. The van der Waals surface area contributed by atoms with E-state index in [2.05, 4.69) is 28.3 Å². The van der Waals surface area contributed by atoms with Crippen molar-refractivity contribution in [2.24, 2.45) is 0 Å². The summed E-state index contributed by atoms with van der Waals surface area (Å²) in [5, 5.41) is 13.0. The summed E-state index contributed by atoms with van der Waals surface area (Å²) in [5.41, 5.74) is 3.12. The Balaban J connectivity index is 0.00000145. The maximum atomic E-state index is 12.5. The van der Waals surface area contributed by atoms with Gasteiger partial charge in [-0.1, -0.05) is 12.1 Å². The number of aromatic nitrogens is 4. The predicted octanol–water partition coefficient (Wildman–Crippen LogP) is 3.26. The van der Waals surface area contributed by atoms with Gasteiger partial charge >= 0.3 is 0 Å². The number of nitrogens with zero attached hydrogens (tertiary/aromatic N) is 5. The number of benzene rings is 1. The number of ether oxygens (including phenoxy) is 1. The highest BCUT2D eigenvalue weighted by Crippen LogP contribution is 2.24. The summed E-state index contributed by atoms with van der Waals surface area (Å²) in [6.45, 7) is 9.29. The number of carbonyl (C=O) groups excluding carboxylic acids is 1. The Labute approximate surface area is 172 Å². The molecule has 0 saturated carbocycles. The average Bonchev–Trinajstić information content (AvgIpc) is 3.23. The molecular weight excluding hydrogens is 366 g/mol. The molecule has 1 aliphatic rings. The number of hydrogen-bond acceptors (Lipinski definition) is 5. The van der Waals surface area contributed by atoms with Crippen molar-refractivity contribution >= 4 is 5.91 Å². The highest BCUT2D eigenvalue weighted by atomic mass is 16.5. The first kappa shape index (κ1) is 22.2. The number of allylic oxidation sites excluding steroid dienone is 2. The molecule has 0 bridgehead atoms. The Kier molecular flexibility index (Phi) is 7.96. The van der Waals surface area contributed by atoms with Crippen molar-refractivity contribution in [3.05, 3.63) is 47.0 Å². The fraction of sp³-hybridized carbons (Fsp3) is 0.455. The summed E-state index contributed by atoms with van der Waals surface area (Å²) < 4.78 is 5.57. The van der Waals surface area contributed by atoms with Crippen molar-refractivity contribution in [1.29, 1.82) is 0 Å². The normalized spacial score (nSPS) is 15.8. The highest BCUT2D eigenvalue weighted by Gasteiger charge is 2.28. The molecule has 1 unspecified atom stereocenters. The lowest BCUT2D eigenvalue weighted by molar-refractivity contribution is -0.136. The Morgan fingerprint density at radius 3 is 2.72 bits per heavy atom. The summed E-state index contributed by atoms with van der Waals surface area (Å²) in [5.74, 6) is 1.60. The number of carbonyl (C=O) groups is 1. The van der Waals surface area contributed by atoms with E-state index in [0.717, 1.165) is 42.0 Å². The molecule has 1 atom stereocenters. The van der Waals surface area contributed by atoms with E-state index >= 15 is 0 Å². The SMILES string of the molecule is C#C.CC(C)=C(C)OCC(=O)N1CCCC(c2nnn(-c3cccc(C)c3)n2)C1. The highest BCUT2D eigenvalue weighted by molar-refractivity contribution is 5.77. The van der Waals surface area contributed by atoms with Gasteiger partial charge in [0.05, 0.1) is 11.4 Å². The second-order valence-corrected chi connectivity index (χ2v) is 7.30. The lowest BCUT2D eigenvalue weighted by atomic mass is 9.97. The lowest BCUT2D eigenvalue weighted by Gasteiger charge is -2.31. The molecule has 0 spiro atoms. The van der Waals surface area contributed by atoms with Gasteiger partial charge in [0.2, 0.25) is 0 Å². The zero-order valence-electron chi connectivity index (χ0n) is 17.6. The second kappa shape index (κ2) is 10.4. The van der Waals surface area contributed by atoms with Crippen LogP contribution >= 0.6 is 0 Å². The largest absolute Gasteiger partial charge is 0.488 e. The number of hydrogen-bond donors (Lipinski definition) is 0. The summed E-state index contributed by atoms with van der Waals surface area (Å²) in [4.78, 5) is 15.9. The van der Waals surface area contributed by atoms with Gasteiger partial charge in [-0.3, -0.25) is 4.79 Å². The van der Waals surface area contributed by atoms with Gasteiger partial charge in [0.25, 0.3) is 5.91 Å². The van der Waals surface area contributed by atoms with E-state index in [0.29, 0.717) is 12.4 Å². The summed E-state index contributed by atoms with van der Waals surface area (Å²) in [6.07, 6.45) is 9.88. The maximum absolute atomic E-state index is 12.5. The van der Waals surface area contributed by atoms with Gasteiger partial charge < -0.3 is 9.64 Å². The first-order chi connectivity index (χ1) is 13.9. The van der Waals surface area contributed by atoms with Crippen LogP contribution in [-0.4, -0.2) is 50.7 Å². The van der Waals surface area contributed by atoms with Crippen LogP contribution in [0.2, 0.25) is 0 Å². The standard InChI is InChI=1S/C20H27N5O2.C2H2/c1-14(2)16(4)27-13-19(26)24-10-6-8-17(12-24)20-21-23-25(22-20)18-9-5-7-15(3)11-18;1-2/h5,7,9,11,17H,6,8,10,12-13H2,1-4H3;1-2H. The van der Waals surface area contributed by atoms with Crippen molar-refractivity contribution in [3.8, 4) is 18.5 Å². The topological polar surface area (TPSA) is 73.1 Å². The molecule has 1 aromatic heterocycles. The molecule has 7 nitrogen and oxygen atoms in total.